The fraction of sp³-hybridized carbons (Fsp3) is 0.267. The van der Waals surface area contributed by atoms with Crippen LogP contribution >= 0.6 is 11.3 Å². The second-order valence-corrected chi connectivity index (χ2v) is 5.89. The fourth-order valence-electron chi connectivity index (χ4n) is 2.59. The van der Waals surface area contributed by atoms with Gasteiger partial charge >= 0.3 is 5.97 Å². The van der Waals surface area contributed by atoms with Gasteiger partial charge in [0.2, 0.25) is 0 Å². The van der Waals surface area contributed by atoms with Crippen molar-refractivity contribution in [2.45, 2.75) is 25.3 Å². The molecule has 1 unspecified atom stereocenters. The van der Waals surface area contributed by atoms with E-state index in [4.69, 9.17) is 5.11 Å². The monoisotopic (exact) mass is 291 g/mol. The van der Waals surface area contributed by atoms with E-state index >= 15 is 0 Å². The van der Waals surface area contributed by atoms with E-state index < -0.39 is 11.8 Å². The summed E-state index contributed by atoms with van der Waals surface area (Å²) in [6.45, 7) is 0. The molecular formula is C15H14FNO2S. The van der Waals surface area contributed by atoms with E-state index in [1.165, 1.54) is 28.6 Å². The van der Waals surface area contributed by atoms with Gasteiger partial charge in [-0.25, -0.2) is 9.18 Å². The number of hydrogen-bond donors (Lipinski definition) is 2. The van der Waals surface area contributed by atoms with E-state index in [0.29, 0.717) is 0 Å². The lowest BCUT2D eigenvalue weighted by Crippen LogP contribution is -2.16. The Bertz CT molecular complexity index is 653. The van der Waals surface area contributed by atoms with Gasteiger partial charge in [-0.2, -0.15) is 0 Å². The number of rotatable bonds is 3. The summed E-state index contributed by atoms with van der Waals surface area (Å²) in [6.07, 6.45) is 3.06. The minimum absolute atomic E-state index is 0.0588. The Morgan fingerprint density at radius 3 is 3.05 bits per heavy atom. The molecular weight excluding hydrogens is 277 g/mol. The smallest absolute Gasteiger partial charge is 0.335 e. The molecule has 1 aliphatic rings. The number of aromatic carboxylic acids is 1. The van der Waals surface area contributed by atoms with E-state index in [-0.39, 0.29) is 17.3 Å². The number of carboxylic acids is 1. The molecule has 0 radical (unpaired) electrons. The first kappa shape index (κ1) is 13.1. The van der Waals surface area contributed by atoms with Gasteiger partial charge in [-0.15, -0.1) is 11.3 Å². The molecule has 1 aromatic carbocycles. The van der Waals surface area contributed by atoms with E-state index in [0.717, 1.165) is 19.3 Å². The molecule has 1 atom stereocenters. The van der Waals surface area contributed by atoms with Crippen LogP contribution in [0.25, 0.3) is 0 Å². The summed E-state index contributed by atoms with van der Waals surface area (Å²) in [6, 6.07) is 5.96. The number of hydrogen-bond acceptors (Lipinski definition) is 3. The Kier molecular flexibility index (Phi) is 3.44. The van der Waals surface area contributed by atoms with Crippen molar-refractivity contribution in [1.82, 2.24) is 0 Å². The summed E-state index contributed by atoms with van der Waals surface area (Å²) in [5.74, 6) is -1.47. The van der Waals surface area contributed by atoms with Gasteiger partial charge in [-0.3, -0.25) is 0 Å². The molecule has 0 aliphatic heterocycles. The van der Waals surface area contributed by atoms with Crippen molar-refractivity contribution in [3.05, 3.63) is 51.5 Å². The highest BCUT2D eigenvalue weighted by Gasteiger charge is 2.22. The van der Waals surface area contributed by atoms with Gasteiger partial charge in [-0.05, 0) is 54.5 Å². The van der Waals surface area contributed by atoms with E-state index in [9.17, 15) is 9.18 Å². The lowest BCUT2D eigenvalue weighted by Gasteiger charge is -2.25. The maximum absolute atomic E-state index is 13.8. The van der Waals surface area contributed by atoms with E-state index in [1.54, 1.807) is 11.3 Å². The molecule has 1 aliphatic carbocycles. The molecule has 0 saturated heterocycles. The van der Waals surface area contributed by atoms with Crippen molar-refractivity contribution in [1.29, 1.82) is 0 Å². The van der Waals surface area contributed by atoms with Crippen LogP contribution in [-0.2, 0) is 6.42 Å². The Morgan fingerprint density at radius 1 is 1.40 bits per heavy atom. The van der Waals surface area contributed by atoms with Gasteiger partial charge < -0.3 is 10.4 Å². The van der Waals surface area contributed by atoms with Crippen LogP contribution in [0, 0.1) is 5.82 Å². The van der Waals surface area contributed by atoms with Crippen LogP contribution in [-0.4, -0.2) is 11.1 Å². The maximum Gasteiger partial charge on any atom is 0.335 e. The van der Waals surface area contributed by atoms with Gasteiger partial charge in [0.25, 0.3) is 0 Å². The number of fused-ring (bicyclic) bond motifs is 1. The molecule has 1 aromatic heterocycles. The van der Waals surface area contributed by atoms with Crippen molar-refractivity contribution >= 4 is 23.0 Å². The minimum atomic E-state index is -1.05. The largest absolute Gasteiger partial charge is 0.478 e. The topological polar surface area (TPSA) is 49.3 Å². The SMILES string of the molecule is O=C(O)c1ccc(F)c(NC2CCCc3sccc32)c1. The molecule has 3 rings (SSSR count). The molecule has 0 amide bonds. The molecule has 5 heteroatoms. The zero-order valence-corrected chi connectivity index (χ0v) is 11.5. The number of benzene rings is 1. The molecule has 3 nitrogen and oxygen atoms in total. The van der Waals surface area contributed by atoms with Crippen molar-refractivity contribution < 1.29 is 14.3 Å². The summed E-state index contributed by atoms with van der Waals surface area (Å²) in [5, 5.41) is 14.2. The standard InChI is InChI=1S/C15H14FNO2S/c16-11-5-4-9(15(18)19)8-13(11)17-12-2-1-3-14-10(12)6-7-20-14/h4-8,12,17H,1-3H2,(H,18,19). The van der Waals surface area contributed by atoms with Gasteiger partial charge in [0.1, 0.15) is 5.82 Å². The molecule has 2 N–H and O–H groups in total. The number of thiophene rings is 1. The zero-order valence-electron chi connectivity index (χ0n) is 10.7. The average molecular weight is 291 g/mol. The Labute approximate surface area is 120 Å². The van der Waals surface area contributed by atoms with Crippen molar-refractivity contribution in [3.8, 4) is 0 Å². The number of aryl methyl sites for hydroxylation is 1. The first-order valence-corrected chi connectivity index (χ1v) is 7.39. The summed E-state index contributed by atoms with van der Waals surface area (Å²) in [4.78, 5) is 12.3. The molecule has 104 valence electrons. The summed E-state index contributed by atoms with van der Waals surface area (Å²) in [7, 11) is 0. The van der Waals surface area contributed by atoms with Crippen molar-refractivity contribution in [3.63, 3.8) is 0 Å². The quantitative estimate of drug-likeness (QED) is 0.896. The summed E-state index contributed by atoms with van der Waals surface area (Å²) < 4.78 is 13.8. The van der Waals surface area contributed by atoms with Crippen LogP contribution in [0.4, 0.5) is 10.1 Å². The van der Waals surface area contributed by atoms with Gasteiger partial charge in [0, 0.05) is 4.88 Å². The van der Waals surface area contributed by atoms with Crippen LogP contribution in [0.15, 0.2) is 29.6 Å². The van der Waals surface area contributed by atoms with Crippen LogP contribution in [0.3, 0.4) is 0 Å². The van der Waals surface area contributed by atoms with Crippen molar-refractivity contribution in [2.75, 3.05) is 5.32 Å². The molecule has 0 bridgehead atoms. The number of nitrogens with one attached hydrogen (secondary N) is 1. The van der Waals surface area contributed by atoms with E-state index in [2.05, 4.69) is 16.8 Å². The van der Waals surface area contributed by atoms with Crippen LogP contribution < -0.4 is 5.32 Å². The van der Waals surface area contributed by atoms with Gasteiger partial charge in [0.15, 0.2) is 0 Å². The lowest BCUT2D eigenvalue weighted by molar-refractivity contribution is 0.0697. The number of halogens is 1. The molecule has 0 saturated carbocycles. The second kappa shape index (κ2) is 5.25. The van der Waals surface area contributed by atoms with Crippen LogP contribution in [0.5, 0.6) is 0 Å². The lowest BCUT2D eigenvalue weighted by atomic mass is 9.94. The second-order valence-electron chi connectivity index (χ2n) is 4.89. The highest BCUT2D eigenvalue weighted by atomic mass is 32.1. The summed E-state index contributed by atoms with van der Waals surface area (Å²) >= 11 is 1.72. The first-order valence-electron chi connectivity index (χ1n) is 6.51. The predicted molar refractivity (Wildman–Crippen MR) is 77.0 cm³/mol. The Hall–Kier alpha value is -1.88. The average Bonchev–Trinajstić information content (AvgIpc) is 2.90. The third-order valence-corrected chi connectivity index (χ3v) is 4.59. The number of carbonyl (C=O) groups is 1. The first-order chi connectivity index (χ1) is 9.65. The van der Waals surface area contributed by atoms with Crippen molar-refractivity contribution in [2.24, 2.45) is 0 Å². The molecule has 2 aromatic rings. The Balaban J connectivity index is 1.89. The molecule has 20 heavy (non-hydrogen) atoms. The highest BCUT2D eigenvalue weighted by molar-refractivity contribution is 7.10. The maximum atomic E-state index is 13.8. The van der Waals surface area contributed by atoms with Crippen LogP contribution in [0.2, 0.25) is 0 Å². The normalized spacial score (nSPS) is 17.6. The highest BCUT2D eigenvalue weighted by Crippen LogP contribution is 2.36. The predicted octanol–water partition coefficient (Wildman–Crippen LogP) is 4.07. The zero-order chi connectivity index (χ0) is 14.1. The third kappa shape index (κ3) is 2.41. The van der Waals surface area contributed by atoms with Gasteiger partial charge in [-0.1, -0.05) is 0 Å². The minimum Gasteiger partial charge on any atom is -0.478 e. The number of carboxylic acid groups (broad SMARTS) is 1. The van der Waals surface area contributed by atoms with Crippen LogP contribution in [0.1, 0.15) is 39.7 Å². The van der Waals surface area contributed by atoms with E-state index in [1.807, 2.05) is 0 Å². The molecule has 1 heterocycles. The van der Waals surface area contributed by atoms with Gasteiger partial charge in [0.05, 0.1) is 17.3 Å². The third-order valence-electron chi connectivity index (χ3n) is 3.59. The molecule has 0 spiro atoms. The molecule has 0 fully saturated rings. The fourth-order valence-corrected chi connectivity index (χ4v) is 3.58. The summed E-state index contributed by atoms with van der Waals surface area (Å²) in [5.41, 5.74) is 1.56. The Morgan fingerprint density at radius 2 is 2.25 bits per heavy atom. The number of anilines is 1.